The van der Waals surface area contributed by atoms with E-state index >= 15 is 0 Å². The van der Waals surface area contributed by atoms with Gasteiger partial charge in [-0.2, -0.15) is 0 Å². The van der Waals surface area contributed by atoms with Crippen molar-refractivity contribution in [1.82, 2.24) is 0 Å². The lowest BCUT2D eigenvalue weighted by Gasteiger charge is -2.18. The maximum absolute atomic E-state index is 12.0. The van der Waals surface area contributed by atoms with E-state index in [4.69, 9.17) is 10.5 Å². The standard InChI is InChI=1S/C14H22N2O2/c1-5-9(2)13(15)14(17)16-12-7-6-11(18-4)8-10(12)3/h6-9,13H,5,15H2,1-4H3,(H,16,17)/t9-,13-/m0/s1. The van der Waals surface area contributed by atoms with E-state index in [1.807, 2.05) is 39.0 Å². The molecule has 0 aliphatic carbocycles. The Balaban J connectivity index is 2.76. The number of hydrogen-bond acceptors (Lipinski definition) is 3. The molecule has 1 amide bonds. The minimum absolute atomic E-state index is 0.141. The first-order valence-corrected chi connectivity index (χ1v) is 6.20. The molecule has 1 rings (SSSR count). The van der Waals surface area contributed by atoms with Gasteiger partial charge in [-0.15, -0.1) is 0 Å². The van der Waals surface area contributed by atoms with Gasteiger partial charge in [0.1, 0.15) is 5.75 Å². The first kappa shape index (κ1) is 14.5. The molecule has 0 saturated heterocycles. The SMILES string of the molecule is CC[C@H](C)[C@H](N)C(=O)Nc1ccc(OC)cc1C. The van der Waals surface area contributed by atoms with Crippen LogP contribution < -0.4 is 15.8 Å². The van der Waals surface area contributed by atoms with Gasteiger partial charge in [0.25, 0.3) is 0 Å². The Morgan fingerprint density at radius 3 is 2.67 bits per heavy atom. The number of carbonyl (C=O) groups is 1. The van der Waals surface area contributed by atoms with Crippen molar-refractivity contribution in [1.29, 1.82) is 0 Å². The van der Waals surface area contributed by atoms with Crippen molar-refractivity contribution in [3.8, 4) is 5.75 Å². The molecule has 3 N–H and O–H groups in total. The summed E-state index contributed by atoms with van der Waals surface area (Å²) in [6.07, 6.45) is 0.885. The number of aryl methyl sites for hydroxylation is 1. The quantitative estimate of drug-likeness (QED) is 0.843. The van der Waals surface area contributed by atoms with Crippen LogP contribution in [0.15, 0.2) is 18.2 Å². The van der Waals surface area contributed by atoms with E-state index in [1.54, 1.807) is 7.11 Å². The topological polar surface area (TPSA) is 64.4 Å². The predicted molar refractivity (Wildman–Crippen MR) is 73.8 cm³/mol. The van der Waals surface area contributed by atoms with Crippen LogP contribution >= 0.6 is 0 Å². The number of anilines is 1. The third kappa shape index (κ3) is 3.47. The molecule has 0 unspecified atom stereocenters. The molecule has 0 aliphatic rings. The van der Waals surface area contributed by atoms with Crippen molar-refractivity contribution in [3.63, 3.8) is 0 Å². The largest absolute Gasteiger partial charge is 0.497 e. The summed E-state index contributed by atoms with van der Waals surface area (Å²) in [7, 11) is 1.62. The maximum atomic E-state index is 12.0. The lowest BCUT2D eigenvalue weighted by molar-refractivity contribution is -0.118. The van der Waals surface area contributed by atoms with E-state index in [0.717, 1.165) is 23.4 Å². The molecule has 0 saturated carbocycles. The van der Waals surface area contributed by atoms with E-state index < -0.39 is 6.04 Å². The maximum Gasteiger partial charge on any atom is 0.241 e. The van der Waals surface area contributed by atoms with Crippen LogP contribution in [0.25, 0.3) is 0 Å². The third-order valence-electron chi connectivity index (χ3n) is 3.25. The molecule has 0 aromatic heterocycles. The van der Waals surface area contributed by atoms with Gasteiger partial charge in [-0.05, 0) is 36.6 Å². The summed E-state index contributed by atoms with van der Waals surface area (Å²) in [5, 5.41) is 2.86. The molecule has 0 spiro atoms. The van der Waals surface area contributed by atoms with Crippen LogP contribution in [0, 0.1) is 12.8 Å². The van der Waals surface area contributed by atoms with Gasteiger partial charge in [-0.3, -0.25) is 4.79 Å². The first-order valence-electron chi connectivity index (χ1n) is 6.20. The molecule has 4 heteroatoms. The summed E-state index contributed by atoms with van der Waals surface area (Å²) in [4.78, 5) is 12.0. The van der Waals surface area contributed by atoms with Gasteiger partial charge >= 0.3 is 0 Å². The zero-order valence-corrected chi connectivity index (χ0v) is 11.5. The number of ether oxygens (including phenoxy) is 1. The van der Waals surface area contributed by atoms with Crippen molar-refractivity contribution >= 4 is 11.6 Å². The minimum Gasteiger partial charge on any atom is -0.497 e. The Hall–Kier alpha value is -1.55. The molecule has 4 nitrogen and oxygen atoms in total. The molecule has 18 heavy (non-hydrogen) atoms. The van der Waals surface area contributed by atoms with Crippen LogP contribution in [0.4, 0.5) is 5.69 Å². The smallest absolute Gasteiger partial charge is 0.241 e. The summed E-state index contributed by atoms with van der Waals surface area (Å²) in [5.41, 5.74) is 7.62. The van der Waals surface area contributed by atoms with E-state index in [-0.39, 0.29) is 11.8 Å². The van der Waals surface area contributed by atoms with Gasteiger partial charge in [0.05, 0.1) is 13.2 Å². The Labute approximate surface area is 109 Å². The number of rotatable bonds is 5. The van der Waals surface area contributed by atoms with Crippen LogP contribution in [0.2, 0.25) is 0 Å². The first-order chi connectivity index (χ1) is 8.49. The van der Waals surface area contributed by atoms with Gasteiger partial charge in [0.2, 0.25) is 5.91 Å². The van der Waals surface area contributed by atoms with Gasteiger partial charge in [0.15, 0.2) is 0 Å². The van der Waals surface area contributed by atoms with Crippen LogP contribution in [-0.2, 0) is 4.79 Å². The number of amides is 1. The molecule has 0 fully saturated rings. The van der Waals surface area contributed by atoms with E-state index in [1.165, 1.54) is 0 Å². The highest BCUT2D eigenvalue weighted by Gasteiger charge is 2.19. The highest BCUT2D eigenvalue weighted by Crippen LogP contribution is 2.21. The average Bonchev–Trinajstić information content (AvgIpc) is 2.38. The van der Waals surface area contributed by atoms with Crippen LogP contribution in [0.3, 0.4) is 0 Å². The number of carbonyl (C=O) groups excluding carboxylic acids is 1. The monoisotopic (exact) mass is 250 g/mol. The molecule has 1 aromatic rings. The molecule has 100 valence electrons. The van der Waals surface area contributed by atoms with Crippen LogP contribution in [-0.4, -0.2) is 19.1 Å². The van der Waals surface area contributed by atoms with Crippen molar-refractivity contribution in [3.05, 3.63) is 23.8 Å². The number of nitrogens with two attached hydrogens (primary N) is 1. The van der Waals surface area contributed by atoms with Crippen LogP contribution in [0.5, 0.6) is 5.75 Å². The second kappa shape index (κ2) is 6.40. The molecule has 0 bridgehead atoms. The average molecular weight is 250 g/mol. The number of hydrogen-bond donors (Lipinski definition) is 2. The Bertz CT molecular complexity index is 418. The molecule has 0 heterocycles. The molecule has 0 aliphatic heterocycles. The van der Waals surface area contributed by atoms with Crippen molar-refractivity contribution in [2.45, 2.75) is 33.2 Å². The summed E-state index contributed by atoms with van der Waals surface area (Å²) in [6.45, 7) is 5.93. The van der Waals surface area contributed by atoms with Crippen LogP contribution in [0.1, 0.15) is 25.8 Å². The fraction of sp³-hybridized carbons (Fsp3) is 0.500. The highest BCUT2D eigenvalue weighted by atomic mass is 16.5. The lowest BCUT2D eigenvalue weighted by Crippen LogP contribution is -2.40. The van der Waals surface area contributed by atoms with Crippen molar-refractivity contribution in [2.75, 3.05) is 12.4 Å². The van der Waals surface area contributed by atoms with E-state index in [2.05, 4.69) is 5.32 Å². The van der Waals surface area contributed by atoms with E-state index in [0.29, 0.717) is 0 Å². The lowest BCUT2D eigenvalue weighted by atomic mass is 9.99. The zero-order chi connectivity index (χ0) is 13.7. The molecular formula is C14H22N2O2. The van der Waals surface area contributed by atoms with Gasteiger partial charge in [-0.1, -0.05) is 20.3 Å². The van der Waals surface area contributed by atoms with Crippen molar-refractivity contribution in [2.24, 2.45) is 11.7 Å². The normalized spacial score (nSPS) is 13.8. The summed E-state index contributed by atoms with van der Waals surface area (Å²) >= 11 is 0. The summed E-state index contributed by atoms with van der Waals surface area (Å²) in [5.74, 6) is 0.804. The fourth-order valence-electron chi connectivity index (χ4n) is 1.63. The van der Waals surface area contributed by atoms with Gasteiger partial charge < -0.3 is 15.8 Å². The number of methoxy groups -OCH3 is 1. The molecule has 2 atom stereocenters. The molecule has 1 aromatic carbocycles. The second-order valence-electron chi connectivity index (χ2n) is 4.58. The highest BCUT2D eigenvalue weighted by molar-refractivity contribution is 5.95. The second-order valence-corrected chi connectivity index (χ2v) is 4.58. The molecular weight excluding hydrogens is 228 g/mol. The summed E-state index contributed by atoms with van der Waals surface area (Å²) < 4.78 is 5.12. The van der Waals surface area contributed by atoms with Crippen molar-refractivity contribution < 1.29 is 9.53 Å². The molecule has 0 radical (unpaired) electrons. The third-order valence-corrected chi connectivity index (χ3v) is 3.25. The Kier molecular flexibility index (Phi) is 5.16. The minimum atomic E-state index is -0.475. The van der Waals surface area contributed by atoms with Gasteiger partial charge in [-0.25, -0.2) is 0 Å². The fourth-order valence-corrected chi connectivity index (χ4v) is 1.63. The summed E-state index contributed by atoms with van der Waals surface area (Å²) in [6, 6.07) is 5.05. The zero-order valence-electron chi connectivity index (χ0n) is 11.5. The Morgan fingerprint density at radius 1 is 1.50 bits per heavy atom. The van der Waals surface area contributed by atoms with Gasteiger partial charge in [0, 0.05) is 5.69 Å². The predicted octanol–water partition coefficient (Wildman–Crippen LogP) is 2.32. The van der Waals surface area contributed by atoms with E-state index in [9.17, 15) is 4.79 Å². The number of nitrogens with one attached hydrogen (secondary N) is 1. The Morgan fingerprint density at radius 2 is 2.17 bits per heavy atom. The number of benzene rings is 1.